The first-order chi connectivity index (χ1) is 12.5. The number of nitrogens with zero attached hydrogens (tertiary/aromatic N) is 2. The molecule has 0 saturated heterocycles. The van der Waals surface area contributed by atoms with Gasteiger partial charge in [0.1, 0.15) is 12.1 Å². The maximum absolute atomic E-state index is 12.2. The number of carbonyl (C=O) groups excluding carboxylic acids is 1. The van der Waals surface area contributed by atoms with Gasteiger partial charge in [-0.05, 0) is 13.2 Å². The standard InChI is InChI=1S/C12H22N6O7S2/c1-5(19)9(12(21)22)18-27(23,24)17-7(3-8(14)20)11-16-15-10(25-11)6(13)4-26-2/h5-7,9,17-19H,3-4,13H2,1-2H3,(H2,14,20)(H,21,22)/t5?,6-,7-,9-/m0/s1. The number of nitrogens with two attached hydrogens (primary N) is 2. The maximum atomic E-state index is 12.2. The van der Waals surface area contributed by atoms with Crippen molar-refractivity contribution in [3.63, 3.8) is 0 Å². The van der Waals surface area contributed by atoms with Crippen molar-refractivity contribution in [1.82, 2.24) is 19.6 Å². The fourth-order valence-corrected chi connectivity index (χ4v) is 3.67. The van der Waals surface area contributed by atoms with Gasteiger partial charge in [-0.3, -0.25) is 9.59 Å². The minimum atomic E-state index is -4.50. The van der Waals surface area contributed by atoms with Crippen molar-refractivity contribution >= 4 is 33.8 Å². The molecule has 13 nitrogen and oxygen atoms in total. The van der Waals surface area contributed by atoms with Crippen molar-refractivity contribution in [3.05, 3.63) is 11.8 Å². The number of aromatic nitrogens is 2. The highest BCUT2D eigenvalue weighted by molar-refractivity contribution is 7.98. The van der Waals surface area contributed by atoms with Gasteiger partial charge in [0.25, 0.3) is 10.2 Å². The molecule has 27 heavy (non-hydrogen) atoms. The van der Waals surface area contributed by atoms with E-state index in [4.69, 9.17) is 21.0 Å². The van der Waals surface area contributed by atoms with Crippen molar-refractivity contribution in [1.29, 1.82) is 0 Å². The van der Waals surface area contributed by atoms with Gasteiger partial charge in [-0.2, -0.15) is 29.6 Å². The Morgan fingerprint density at radius 3 is 2.37 bits per heavy atom. The van der Waals surface area contributed by atoms with Crippen LogP contribution in [0.1, 0.15) is 37.2 Å². The van der Waals surface area contributed by atoms with E-state index in [2.05, 4.69) is 10.2 Å². The summed E-state index contributed by atoms with van der Waals surface area (Å²) in [5, 5.41) is 25.8. The molecule has 0 spiro atoms. The highest BCUT2D eigenvalue weighted by Crippen LogP contribution is 2.20. The third-order valence-corrected chi connectivity index (χ3v) is 5.00. The van der Waals surface area contributed by atoms with Crippen molar-refractivity contribution in [3.8, 4) is 0 Å². The molecule has 1 unspecified atom stereocenters. The predicted molar refractivity (Wildman–Crippen MR) is 94.5 cm³/mol. The Balaban J connectivity index is 3.04. The lowest BCUT2D eigenvalue weighted by atomic mass is 10.2. The highest BCUT2D eigenvalue weighted by atomic mass is 32.2. The molecule has 15 heteroatoms. The SMILES string of the molecule is CSC[C@H](N)c1nnc([C@H](CC(N)=O)NS(=O)(=O)N[C@H](C(=O)O)C(C)O)o1. The molecule has 1 rings (SSSR count). The number of rotatable bonds is 12. The lowest BCUT2D eigenvalue weighted by Gasteiger charge is -2.19. The fourth-order valence-electron chi connectivity index (χ4n) is 1.91. The Labute approximate surface area is 159 Å². The zero-order valence-corrected chi connectivity index (χ0v) is 16.2. The average molecular weight is 426 g/mol. The first-order valence-electron chi connectivity index (χ1n) is 7.53. The van der Waals surface area contributed by atoms with Gasteiger partial charge >= 0.3 is 5.97 Å². The lowest BCUT2D eigenvalue weighted by Crippen LogP contribution is -2.52. The zero-order valence-electron chi connectivity index (χ0n) is 14.5. The van der Waals surface area contributed by atoms with Gasteiger partial charge in [-0.15, -0.1) is 10.2 Å². The van der Waals surface area contributed by atoms with E-state index in [9.17, 15) is 23.1 Å². The summed E-state index contributed by atoms with van der Waals surface area (Å²) >= 11 is 1.43. The Morgan fingerprint density at radius 1 is 1.30 bits per heavy atom. The fraction of sp³-hybridized carbons (Fsp3) is 0.667. The second-order valence-electron chi connectivity index (χ2n) is 5.56. The molecule has 1 aromatic rings. The number of primary amides is 1. The normalized spacial score (nSPS) is 16.4. The lowest BCUT2D eigenvalue weighted by molar-refractivity contribution is -0.141. The molecule has 0 aliphatic carbocycles. The van der Waals surface area contributed by atoms with Crippen LogP contribution in [0, 0.1) is 0 Å². The minimum Gasteiger partial charge on any atom is -0.480 e. The van der Waals surface area contributed by atoms with Crippen LogP contribution in [0.3, 0.4) is 0 Å². The third-order valence-electron chi connectivity index (χ3n) is 3.15. The second kappa shape index (κ2) is 9.95. The van der Waals surface area contributed by atoms with E-state index in [1.807, 2.05) is 11.0 Å². The average Bonchev–Trinajstić information content (AvgIpc) is 3.01. The molecule has 154 valence electrons. The van der Waals surface area contributed by atoms with Gasteiger partial charge < -0.3 is 26.1 Å². The monoisotopic (exact) mass is 426 g/mol. The summed E-state index contributed by atoms with van der Waals surface area (Å²) in [6.07, 6.45) is -0.242. The number of amides is 1. The molecule has 0 bridgehead atoms. The number of nitrogens with one attached hydrogen (secondary N) is 2. The second-order valence-corrected chi connectivity index (χ2v) is 7.95. The zero-order chi connectivity index (χ0) is 20.8. The van der Waals surface area contributed by atoms with Crippen LogP contribution in [0.15, 0.2) is 4.42 Å². The van der Waals surface area contributed by atoms with E-state index in [1.165, 1.54) is 11.8 Å². The molecule has 1 aromatic heterocycles. The van der Waals surface area contributed by atoms with Crippen molar-refractivity contribution in [2.24, 2.45) is 11.5 Å². The first kappa shape index (κ1) is 23.3. The number of aliphatic hydroxyl groups excluding tert-OH is 1. The minimum absolute atomic E-state index is 0.0355. The van der Waals surface area contributed by atoms with Crippen molar-refractivity contribution in [2.75, 3.05) is 12.0 Å². The van der Waals surface area contributed by atoms with Crippen LogP contribution in [0.5, 0.6) is 0 Å². The van der Waals surface area contributed by atoms with Crippen LogP contribution in [0.2, 0.25) is 0 Å². The van der Waals surface area contributed by atoms with Gasteiger partial charge in [0.05, 0.1) is 18.6 Å². The topological polar surface area (TPSA) is 224 Å². The van der Waals surface area contributed by atoms with Gasteiger partial charge in [0.15, 0.2) is 0 Å². The molecule has 0 fully saturated rings. The summed E-state index contributed by atoms with van der Waals surface area (Å²) < 4.78 is 33.5. The van der Waals surface area contributed by atoms with E-state index in [1.54, 1.807) is 4.72 Å². The molecule has 4 atom stereocenters. The summed E-state index contributed by atoms with van der Waals surface area (Å²) in [4.78, 5) is 22.3. The smallest absolute Gasteiger partial charge is 0.324 e. The molecule has 0 saturated carbocycles. The number of aliphatic hydroxyl groups is 1. The number of carboxylic acid groups (broad SMARTS) is 1. The Kier molecular flexibility index (Phi) is 8.58. The van der Waals surface area contributed by atoms with E-state index in [-0.39, 0.29) is 11.8 Å². The molecule has 0 radical (unpaired) electrons. The number of aliphatic carboxylic acids is 1. The van der Waals surface area contributed by atoms with Crippen molar-refractivity contribution < 1.29 is 32.6 Å². The predicted octanol–water partition coefficient (Wildman–Crippen LogP) is -2.39. The first-order valence-corrected chi connectivity index (χ1v) is 10.4. The third kappa shape index (κ3) is 7.39. The Bertz CT molecular complexity index is 753. The summed E-state index contributed by atoms with van der Waals surface area (Å²) in [6.45, 7) is 1.10. The molecule has 0 aliphatic rings. The largest absolute Gasteiger partial charge is 0.480 e. The van der Waals surface area contributed by atoms with E-state index < -0.39 is 52.7 Å². The number of hydrogen-bond donors (Lipinski definition) is 6. The maximum Gasteiger partial charge on any atom is 0.324 e. The summed E-state index contributed by atoms with van der Waals surface area (Å²) in [5.41, 5.74) is 10.9. The molecular weight excluding hydrogens is 404 g/mol. The van der Waals surface area contributed by atoms with Crippen LogP contribution >= 0.6 is 11.8 Å². The highest BCUT2D eigenvalue weighted by Gasteiger charge is 2.32. The van der Waals surface area contributed by atoms with E-state index in [0.717, 1.165) is 6.92 Å². The Hall–Kier alpha value is -1.78. The van der Waals surface area contributed by atoms with E-state index in [0.29, 0.717) is 5.75 Å². The van der Waals surface area contributed by atoms with Crippen molar-refractivity contribution in [2.45, 2.75) is 37.6 Å². The molecule has 0 aromatic carbocycles. The van der Waals surface area contributed by atoms with Gasteiger partial charge in [0.2, 0.25) is 17.7 Å². The van der Waals surface area contributed by atoms with Gasteiger partial charge in [-0.1, -0.05) is 0 Å². The number of thioether (sulfide) groups is 1. The molecular formula is C12H22N6O7S2. The molecule has 0 aliphatic heterocycles. The van der Waals surface area contributed by atoms with Crippen LogP contribution in [0.25, 0.3) is 0 Å². The van der Waals surface area contributed by atoms with Crippen LogP contribution in [0.4, 0.5) is 0 Å². The van der Waals surface area contributed by atoms with Gasteiger partial charge in [-0.25, -0.2) is 0 Å². The summed E-state index contributed by atoms with van der Waals surface area (Å²) in [6, 6.07) is -3.77. The number of carboxylic acids is 1. The molecule has 8 N–H and O–H groups in total. The summed E-state index contributed by atoms with van der Waals surface area (Å²) in [7, 11) is -4.50. The van der Waals surface area contributed by atoms with Crippen LogP contribution < -0.4 is 20.9 Å². The summed E-state index contributed by atoms with van der Waals surface area (Å²) in [5.74, 6) is -2.24. The van der Waals surface area contributed by atoms with Crippen LogP contribution in [-0.2, 0) is 19.8 Å². The molecule has 1 heterocycles. The van der Waals surface area contributed by atoms with Gasteiger partial charge in [0, 0.05) is 5.75 Å². The number of carbonyl (C=O) groups is 2. The van der Waals surface area contributed by atoms with Crippen LogP contribution in [-0.4, -0.2) is 64.9 Å². The number of hydrogen-bond acceptors (Lipinski definition) is 10. The van der Waals surface area contributed by atoms with E-state index >= 15 is 0 Å². The quantitative estimate of drug-likeness (QED) is 0.207. The Morgan fingerprint density at radius 2 is 1.89 bits per heavy atom. The molecule has 1 amide bonds.